The minimum Gasteiger partial charge on any atom is -0.389 e. The van der Waals surface area contributed by atoms with E-state index in [1.807, 2.05) is 38.2 Å². The fourth-order valence-corrected chi connectivity index (χ4v) is 1.24. The Balaban J connectivity index is 2.28. The van der Waals surface area contributed by atoms with Crippen LogP contribution in [0, 0.1) is 6.92 Å². The average molecular weight is 204 g/mol. The van der Waals surface area contributed by atoms with Crippen molar-refractivity contribution < 1.29 is 4.42 Å². The van der Waals surface area contributed by atoms with Crippen molar-refractivity contribution in [3.63, 3.8) is 0 Å². The molecule has 0 spiro atoms. The average Bonchev–Trinajstić information content (AvgIpc) is 2.65. The second-order valence-electron chi connectivity index (χ2n) is 3.32. The van der Waals surface area contributed by atoms with Crippen molar-refractivity contribution in [2.45, 2.75) is 6.92 Å². The van der Waals surface area contributed by atoms with Gasteiger partial charge in [0.15, 0.2) is 0 Å². The summed E-state index contributed by atoms with van der Waals surface area (Å²) in [6.07, 6.45) is 0. The van der Waals surface area contributed by atoms with Crippen LogP contribution in [0.4, 0.5) is 17.7 Å². The van der Waals surface area contributed by atoms with Crippen molar-refractivity contribution in [3.05, 3.63) is 29.8 Å². The number of hydrogen-bond acceptors (Lipinski definition) is 5. The summed E-state index contributed by atoms with van der Waals surface area (Å²) in [7, 11) is 1.84. The molecule has 1 aromatic heterocycles. The van der Waals surface area contributed by atoms with E-state index in [0.29, 0.717) is 6.01 Å². The Kier molecular flexibility index (Phi) is 2.29. The lowest BCUT2D eigenvalue weighted by Gasteiger charge is -2.13. The molecule has 1 aromatic carbocycles. The van der Waals surface area contributed by atoms with Gasteiger partial charge in [-0.15, -0.1) is 0 Å². The first-order valence-corrected chi connectivity index (χ1v) is 4.56. The van der Waals surface area contributed by atoms with Crippen LogP contribution in [0.2, 0.25) is 0 Å². The molecule has 2 rings (SSSR count). The van der Waals surface area contributed by atoms with E-state index in [2.05, 4.69) is 10.2 Å². The van der Waals surface area contributed by atoms with Gasteiger partial charge in [0.25, 0.3) is 0 Å². The van der Waals surface area contributed by atoms with Crippen molar-refractivity contribution in [3.8, 4) is 0 Å². The maximum Gasteiger partial charge on any atom is 0.323 e. The quantitative estimate of drug-likeness (QED) is 0.806. The van der Waals surface area contributed by atoms with Gasteiger partial charge in [-0.3, -0.25) is 4.90 Å². The van der Waals surface area contributed by atoms with Gasteiger partial charge < -0.3 is 10.2 Å². The molecule has 0 unspecified atom stereocenters. The number of rotatable bonds is 2. The molecule has 2 aromatic rings. The zero-order valence-corrected chi connectivity index (χ0v) is 8.64. The summed E-state index contributed by atoms with van der Waals surface area (Å²) in [6, 6.07) is 8.46. The first-order valence-electron chi connectivity index (χ1n) is 4.56. The van der Waals surface area contributed by atoms with E-state index in [1.165, 1.54) is 5.56 Å². The fourth-order valence-electron chi connectivity index (χ4n) is 1.24. The molecule has 0 atom stereocenters. The Hall–Kier alpha value is -2.04. The van der Waals surface area contributed by atoms with Crippen molar-refractivity contribution in [2.24, 2.45) is 0 Å². The summed E-state index contributed by atoms with van der Waals surface area (Å²) in [4.78, 5) is 1.78. The zero-order chi connectivity index (χ0) is 10.8. The third-order valence-electron chi connectivity index (χ3n) is 2.14. The van der Waals surface area contributed by atoms with Gasteiger partial charge in [-0.1, -0.05) is 27.9 Å². The Morgan fingerprint density at radius 2 is 1.87 bits per heavy atom. The van der Waals surface area contributed by atoms with E-state index in [1.54, 1.807) is 4.90 Å². The van der Waals surface area contributed by atoms with Gasteiger partial charge in [0.2, 0.25) is 0 Å². The number of nitrogens with zero attached hydrogens (tertiary/aromatic N) is 3. The molecule has 0 amide bonds. The second kappa shape index (κ2) is 3.61. The van der Waals surface area contributed by atoms with Crippen LogP contribution in [-0.4, -0.2) is 17.2 Å². The van der Waals surface area contributed by atoms with Crippen LogP contribution in [-0.2, 0) is 0 Å². The molecule has 0 aliphatic carbocycles. The van der Waals surface area contributed by atoms with E-state index in [9.17, 15) is 0 Å². The summed E-state index contributed by atoms with van der Waals surface area (Å²) in [5, 5.41) is 7.40. The van der Waals surface area contributed by atoms with Gasteiger partial charge in [-0.2, -0.15) is 0 Å². The lowest BCUT2D eigenvalue weighted by atomic mass is 10.2. The second-order valence-corrected chi connectivity index (χ2v) is 3.32. The van der Waals surface area contributed by atoms with Gasteiger partial charge in [-0.25, -0.2) is 0 Å². The molecule has 78 valence electrons. The number of hydrogen-bond donors (Lipinski definition) is 1. The van der Waals surface area contributed by atoms with E-state index < -0.39 is 0 Å². The van der Waals surface area contributed by atoms with Crippen LogP contribution in [0.3, 0.4) is 0 Å². The highest BCUT2D eigenvalue weighted by molar-refractivity contribution is 5.55. The van der Waals surface area contributed by atoms with Crippen molar-refractivity contribution in [1.82, 2.24) is 10.2 Å². The molecule has 5 nitrogen and oxygen atoms in total. The third kappa shape index (κ3) is 1.90. The predicted molar refractivity (Wildman–Crippen MR) is 58.0 cm³/mol. The molecule has 5 heteroatoms. The molecule has 0 saturated heterocycles. The summed E-state index contributed by atoms with van der Waals surface area (Å²) < 4.78 is 5.11. The van der Waals surface area contributed by atoms with Crippen molar-refractivity contribution in [2.75, 3.05) is 17.7 Å². The Morgan fingerprint density at radius 1 is 1.20 bits per heavy atom. The molecule has 0 saturated carbocycles. The zero-order valence-electron chi connectivity index (χ0n) is 8.64. The maximum atomic E-state index is 5.35. The number of nitrogen functional groups attached to an aromatic ring is 1. The van der Waals surface area contributed by atoms with Crippen molar-refractivity contribution in [1.29, 1.82) is 0 Å². The largest absolute Gasteiger partial charge is 0.389 e. The van der Waals surface area contributed by atoms with Crippen LogP contribution in [0.25, 0.3) is 0 Å². The first kappa shape index (κ1) is 9.51. The van der Waals surface area contributed by atoms with E-state index in [0.717, 1.165) is 5.69 Å². The van der Waals surface area contributed by atoms with Crippen LogP contribution >= 0.6 is 0 Å². The number of aromatic nitrogens is 2. The van der Waals surface area contributed by atoms with Gasteiger partial charge in [-0.05, 0) is 19.1 Å². The Morgan fingerprint density at radius 3 is 2.40 bits per heavy atom. The third-order valence-corrected chi connectivity index (χ3v) is 2.14. The number of anilines is 3. The lowest BCUT2D eigenvalue weighted by Crippen LogP contribution is -2.09. The minimum atomic E-state index is 0.0731. The SMILES string of the molecule is Cc1ccc(N(C)c2nnc(N)o2)cc1. The molecule has 2 N–H and O–H groups in total. The maximum absolute atomic E-state index is 5.35. The van der Waals surface area contributed by atoms with Gasteiger partial charge in [0, 0.05) is 12.7 Å². The predicted octanol–water partition coefficient (Wildman–Crippen LogP) is 1.73. The molecule has 0 aliphatic rings. The van der Waals surface area contributed by atoms with E-state index in [4.69, 9.17) is 10.2 Å². The van der Waals surface area contributed by atoms with E-state index in [-0.39, 0.29) is 6.01 Å². The van der Waals surface area contributed by atoms with Crippen LogP contribution in [0.5, 0.6) is 0 Å². The molecular weight excluding hydrogens is 192 g/mol. The molecular formula is C10H12N4O. The lowest BCUT2D eigenvalue weighted by molar-refractivity contribution is 0.576. The van der Waals surface area contributed by atoms with E-state index >= 15 is 0 Å². The molecule has 0 aliphatic heterocycles. The van der Waals surface area contributed by atoms with Gasteiger partial charge in [0.1, 0.15) is 0 Å². The molecule has 0 bridgehead atoms. The van der Waals surface area contributed by atoms with Gasteiger partial charge in [0.05, 0.1) is 0 Å². The van der Waals surface area contributed by atoms with Crippen molar-refractivity contribution >= 4 is 17.7 Å². The molecule has 1 heterocycles. The minimum absolute atomic E-state index is 0.0731. The monoisotopic (exact) mass is 204 g/mol. The smallest absolute Gasteiger partial charge is 0.323 e. The normalized spacial score (nSPS) is 10.3. The van der Waals surface area contributed by atoms with Crippen LogP contribution in [0.1, 0.15) is 5.56 Å². The topological polar surface area (TPSA) is 68.2 Å². The summed E-state index contributed by atoms with van der Waals surface area (Å²) >= 11 is 0. The van der Waals surface area contributed by atoms with Crippen LogP contribution < -0.4 is 10.6 Å². The summed E-state index contributed by atoms with van der Waals surface area (Å²) in [5.74, 6) is 0. The summed E-state index contributed by atoms with van der Waals surface area (Å²) in [5.41, 5.74) is 7.53. The fraction of sp³-hybridized carbons (Fsp3) is 0.200. The highest BCUT2D eigenvalue weighted by Gasteiger charge is 2.10. The molecule has 0 fully saturated rings. The Bertz CT molecular complexity index is 449. The highest BCUT2D eigenvalue weighted by atomic mass is 16.4. The van der Waals surface area contributed by atoms with Gasteiger partial charge >= 0.3 is 12.0 Å². The highest BCUT2D eigenvalue weighted by Crippen LogP contribution is 2.22. The summed E-state index contributed by atoms with van der Waals surface area (Å²) in [6.45, 7) is 2.04. The first-order chi connectivity index (χ1) is 7.16. The Labute approximate surface area is 87.5 Å². The van der Waals surface area contributed by atoms with Crippen LogP contribution in [0.15, 0.2) is 28.7 Å². The molecule has 15 heavy (non-hydrogen) atoms. The number of benzene rings is 1. The molecule has 0 radical (unpaired) electrons. The standard InChI is InChI=1S/C10H12N4O/c1-7-3-5-8(6-4-7)14(2)10-13-12-9(11)15-10/h3-6H,1-2H3,(H2,11,12). The number of aryl methyl sites for hydroxylation is 1. The number of nitrogens with two attached hydrogens (primary N) is 1.